The number of piperazine rings is 1. The lowest BCUT2D eigenvalue weighted by Crippen LogP contribution is -2.51. The molecule has 118 valence electrons. The number of anilines is 1. The maximum Gasteiger partial charge on any atom is 0.226 e. The zero-order valence-electron chi connectivity index (χ0n) is 12.7. The summed E-state index contributed by atoms with van der Waals surface area (Å²) in [6, 6.07) is 4.06. The van der Waals surface area contributed by atoms with Gasteiger partial charge in [-0.15, -0.1) is 0 Å². The molecule has 2 aliphatic carbocycles. The molecule has 3 aliphatic rings. The highest BCUT2D eigenvalue weighted by Gasteiger charge is 2.44. The Kier molecular flexibility index (Phi) is 3.84. The topological polar surface area (TPSA) is 36.4 Å². The number of carbonyl (C=O) groups is 1. The summed E-state index contributed by atoms with van der Waals surface area (Å²) in [5, 5.41) is 0. The van der Waals surface area contributed by atoms with Crippen molar-refractivity contribution < 1.29 is 4.79 Å². The molecule has 5 heteroatoms. The van der Waals surface area contributed by atoms with E-state index in [1.54, 1.807) is 0 Å². The molecule has 1 amide bonds. The summed E-state index contributed by atoms with van der Waals surface area (Å²) >= 11 is 3.42. The fourth-order valence-electron chi connectivity index (χ4n) is 4.49. The fourth-order valence-corrected chi connectivity index (χ4v) is 4.73. The van der Waals surface area contributed by atoms with Crippen molar-refractivity contribution in [2.24, 2.45) is 17.8 Å². The van der Waals surface area contributed by atoms with E-state index in [-0.39, 0.29) is 0 Å². The van der Waals surface area contributed by atoms with Crippen LogP contribution in [0.2, 0.25) is 0 Å². The zero-order chi connectivity index (χ0) is 15.1. The number of amides is 1. The summed E-state index contributed by atoms with van der Waals surface area (Å²) in [6.07, 6.45) is 6.93. The third-order valence-electron chi connectivity index (χ3n) is 5.68. The van der Waals surface area contributed by atoms with Gasteiger partial charge in [-0.2, -0.15) is 0 Å². The smallest absolute Gasteiger partial charge is 0.226 e. The number of hydrogen-bond acceptors (Lipinski definition) is 3. The third kappa shape index (κ3) is 2.64. The SMILES string of the molecule is O=C(C1CC2CCC1C2)N1CCN(c2ccc(Br)cn2)CC1. The Labute approximate surface area is 140 Å². The average Bonchev–Trinajstić information content (AvgIpc) is 3.18. The van der Waals surface area contributed by atoms with E-state index in [0.29, 0.717) is 17.7 Å². The zero-order valence-corrected chi connectivity index (χ0v) is 14.3. The molecule has 2 heterocycles. The van der Waals surface area contributed by atoms with Crippen LogP contribution in [-0.2, 0) is 4.79 Å². The Morgan fingerprint density at radius 1 is 1.14 bits per heavy atom. The molecule has 3 fully saturated rings. The summed E-state index contributed by atoms with van der Waals surface area (Å²) in [7, 11) is 0. The maximum atomic E-state index is 12.8. The average molecular weight is 364 g/mol. The highest BCUT2D eigenvalue weighted by molar-refractivity contribution is 9.10. The van der Waals surface area contributed by atoms with Gasteiger partial charge in [-0.1, -0.05) is 6.42 Å². The van der Waals surface area contributed by atoms with Gasteiger partial charge in [0.15, 0.2) is 0 Å². The molecule has 3 atom stereocenters. The summed E-state index contributed by atoms with van der Waals surface area (Å²) in [4.78, 5) is 21.6. The Bertz CT molecular complexity index is 554. The van der Waals surface area contributed by atoms with E-state index in [1.807, 2.05) is 18.3 Å². The van der Waals surface area contributed by atoms with Crippen molar-refractivity contribution >= 4 is 27.7 Å². The summed E-state index contributed by atoms with van der Waals surface area (Å²) in [5.74, 6) is 3.29. The minimum Gasteiger partial charge on any atom is -0.353 e. The summed E-state index contributed by atoms with van der Waals surface area (Å²) < 4.78 is 1.00. The molecule has 2 bridgehead atoms. The van der Waals surface area contributed by atoms with Crippen LogP contribution in [0, 0.1) is 17.8 Å². The fraction of sp³-hybridized carbons (Fsp3) is 0.647. The molecule has 0 aromatic carbocycles. The van der Waals surface area contributed by atoms with E-state index in [0.717, 1.165) is 48.8 Å². The van der Waals surface area contributed by atoms with E-state index < -0.39 is 0 Å². The normalized spacial score (nSPS) is 30.9. The van der Waals surface area contributed by atoms with Gasteiger partial charge in [0.25, 0.3) is 0 Å². The number of hydrogen-bond donors (Lipinski definition) is 0. The van der Waals surface area contributed by atoms with Crippen LogP contribution in [0.15, 0.2) is 22.8 Å². The van der Waals surface area contributed by atoms with Gasteiger partial charge < -0.3 is 9.80 Å². The molecule has 4 rings (SSSR count). The summed E-state index contributed by atoms with van der Waals surface area (Å²) in [5.41, 5.74) is 0. The molecule has 0 N–H and O–H groups in total. The van der Waals surface area contributed by atoms with Crippen molar-refractivity contribution in [2.75, 3.05) is 31.1 Å². The lowest BCUT2D eigenvalue weighted by molar-refractivity contribution is -0.137. The number of fused-ring (bicyclic) bond motifs is 2. The summed E-state index contributed by atoms with van der Waals surface area (Å²) in [6.45, 7) is 3.46. The van der Waals surface area contributed by atoms with Gasteiger partial charge in [-0.25, -0.2) is 4.98 Å². The highest BCUT2D eigenvalue weighted by Crippen LogP contribution is 2.48. The predicted molar refractivity (Wildman–Crippen MR) is 89.7 cm³/mol. The maximum absolute atomic E-state index is 12.8. The van der Waals surface area contributed by atoms with Crippen LogP contribution in [0.1, 0.15) is 25.7 Å². The van der Waals surface area contributed by atoms with Crippen LogP contribution < -0.4 is 4.90 Å². The molecule has 2 saturated carbocycles. The molecule has 1 aliphatic heterocycles. The lowest BCUT2D eigenvalue weighted by Gasteiger charge is -2.37. The van der Waals surface area contributed by atoms with Crippen LogP contribution in [0.5, 0.6) is 0 Å². The van der Waals surface area contributed by atoms with Crippen molar-refractivity contribution in [1.82, 2.24) is 9.88 Å². The molecule has 0 radical (unpaired) electrons. The second-order valence-electron chi connectivity index (χ2n) is 6.93. The van der Waals surface area contributed by atoms with E-state index in [4.69, 9.17) is 0 Å². The molecular formula is C17H22BrN3O. The number of halogens is 1. The standard InChI is InChI=1S/C17H22BrN3O/c18-14-3-4-16(19-11-14)20-5-7-21(8-6-20)17(22)15-10-12-1-2-13(15)9-12/h3-4,11-13,15H,1-2,5-10H2. The van der Waals surface area contributed by atoms with Crippen molar-refractivity contribution in [1.29, 1.82) is 0 Å². The van der Waals surface area contributed by atoms with Gasteiger partial charge in [0.05, 0.1) is 0 Å². The minimum atomic E-state index is 0.330. The van der Waals surface area contributed by atoms with E-state index in [2.05, 4.69) is 30.7 Å². The first-order chi connectivity index (χ1) is 10.7. The Balaban J connectivity index is 1.35. The number of rotatable bonds is 2. The Morgan fingerprint density at radius 2 is 1.95 bits per heavy atom. The van der Waals surface area contributed by atoms with Gasteiger partial charge in [-0.3, -0.25) is 4.79 Å². The van der Waals surface area contributed by atoms with Gasteiger partial charge in [0, 0.05) is 42.8 Å². The minimum absolute atomic E-state index is 0.330. The van der Waals surface area contributed by atoms with Crippen molar-refractivity contribution in [3.05, 3.63) is 22.8 Å². The largest absolute Gasteiger partial charge is 0.353 e. The number of pyridine rings is 1. The molecule has 4 nitrogen and oxygen atoms in total. The van der Waals surface area contributed by atoms with Gasteiger partial charge in [-0.05, 0) is 59.2 Å². The van der Waals surface area contributed by atoms with Crippen LogP contribution in [0.25, 0.3) is 0 Å². The van der Waals surface area contributed by atoms with Crippen molar-refractivity contribution in [3.63, 3.8) is 0 Å². The van der Waals surface area contributed by atoms with Crippen LogP contribution in [0.4, 0.5) is 5.82 Å². The van der Waals surface area contributed by atoms with E-state index in [9.17, 15) is 4.79 Å². The van der Waals surface area contributed by atoms with E-state index in [1.165, 1.54) is 19.3 Å². The van der Waals surface area contributed by atoms with Crippen LogP contribution >= 0.6 is 15.9 Å². The number of nitrogens with zero attached hydrogens (tertiary/aromatic N) is 3. The molecule has 1 aromatic heterocycles. The third-order valence-corrected chi connectivity index (χ3v) is 6.15. The van der Waals surface area contributed by atoms with Gasteiger partial charge >= 0.3 is 0 Å². The van der Waals surface area contributed by atoms with Crippen molar-refractivity contribution in [3.8, 4) is 0 Å². The van der Waals surface area contributed by atoms with E-state index >= 15 is 0 Å². The van der Waals surface area contributed by atoms with Crippen LogP contribution in [0.3, 0.4) is 0 Å². The van der Waals surface area contributed by atoms with Gasteiger partial charge in [0.1, 0.15) is 5.82 Å². The predicted octanol–water partition coefficient (Wildman–Crippen LogP) is 2.93. The highest BCUT2D eigenvalue weighted by atomic mass is 79.9. The van der Waals surface area contributed by atoms with Crippen LogP contribution in [-0.4, -0.2) is 42.0 Å². The van der Waals surface area contributed by atoms with Crippen molar-refractivity contribution in [2.45, 2.75) is 25.7 Å². The lowest BCUT2D eigenvalue weighted by atomic mass is 9.87. The Morgan fingerprint density at radius 3 is 2.55 bits per heavy atom. The molecule has 1 saturated heterocycles. The quantitative estimate of drug-likeness (QED) is 0.810. The molecular weight excluding hydrogens is 342 g/mol. The Hall–Kier alpha value is -1.10. The van der Waals surface area contributed by atoms with Gasteiger partial charge in [0.2, 0.25) is 5.91 Å². The molecule has 3 unspecified atom stereocenters. The second-order valence-corrected chi connectivity index (χ2v) is 7.84. The first kappa shape index (κ1) is 14.5. The number of aromatic nitrogens is 1. The first-order valence-electron chi connectivity index (χ1n) is 8.36. The first-order valence-corrected chi connectivity index (χ1v) is 9.15. The number of carbonyl (C=O) groups excluding carboxylic acids is 1. The second kappa shape index (κ2) is 5.84. The monoisotopic (exact) mass is 363 g/mol. The molecule has 0 spiro atoms. The molecule has 1 aromatic rings. The molecule has 22 heavy (non-hydrogen) atoms.